The summed E-state index contributed by atoms with van der Waals surface area (Å²) < 4.78 is 6.49. The summed E-state index contributed by atoms with van der Waals surface area (Å²) in [6.45, 7) is 0.883. The van der Waals surface area contributed by atoms with Crippen LogP contribution in [-0.4, -0.2) is 29.5 Å². The maximum Gasteiger partial charge on any atom is 0.315 e. The molecule has 1 aromatic heterocycles. The van der Waals surface area contributed by atoms with E-state index in [1.807, 2.05) is 78.9 Å². The number of hydrogen-bond donors (Lipinski definition) is 2. The lowest BCUT2D eigenvalue weighted by Crippen LogP contribution is -2.38. The number of carbonyl (C=O) groups is 1. The summed E-state index contributed by atoms with van der Waals surface area (Å²) in [6.07, 6.45) is 0. The summed E-state index contributed by atoms with van der Waals surface area (Å²) in [7, 11) is 1.58. The van der Waals surface area contributed by atoms with Gasteiger partial charge < -0.3 is 15.4 Å². The fraction of sp³-hybridized carbons (Fsp3) is 0.192. The lowest BCUT2D eigenvalue weighted by molar-refractivity contribution is 0.181. The van der Waals surface area contributed by atoms with Crippen LogP contribution in [0.15, 0.2) is 89.7 Å². The summed E-state index contributed by atoms with van der Waals surface area (Å²) in [5.74, 6) is 0. The SMILES string of the molecule is COCCn1nc(CNC(=O)NC(c2ccccc2)c2ccccc2)c2ccccc2c1=O. The van der Waals surface area contributed by atoms with Crippen molar-refractivity contribution in [2.45, 2.75) is 19.1 Å². The summed E-state index contributed by atoms with van der Waals surface area (Å²) in [4.78, 5) is 25.6. The van der Waals surface area contributed by atoms with E-state index in [9.17, 15) is 9.59 Å². The normalized spacial score (nSPS) is 11.0. The van der Waals surface area contributed by atoms with Crippen molar-refractivity contribution >= 4 is 16.8 Å². The molecule has 2 amide bonds. The van der Waals surface area contributed by atoms with Crippen molar-refractivity contribution < 1.29 is 9.53 Å². The number of hydrogen-bond acceptors (Lipinski definition) is 4. The molecule has 0 atom stereocenters. The van der Waals surface area contributed by atoms with Gasteiger partial charge in [0.1, 0.15) is 0 Å². The molecule has 0 spiro atoms. The Bertz CT molecular complexity index is 1230. The van der Waals surface area contributed by atoms with E-state index < -0.39 is 0 Å². The first-order valence-electron chi connectivity index (χ1n) is 10.8. The standard InChI is InChI=1S/C26H26N4O3/c1-33-17-16-30-25(31)22-15-9-8-14-21(22)23(29-30)18-27-26(32)28-24(19-10-4-2-5-11-19)20-12-6-3-7-13-20/h2-15,24H,16-18H2,1H3,(H2,27,28,32). The Hall–Kier alpha value is -3.97. The van der Waals surface area contributed by atoms with Gasteiger partial charge >= 0.3 is 6.03 Å². The topological polar surface area (TPSA) is 85.2 Å². The van der Waals surface area contributed by atoms with E-state index >= 15 is 0 Å². The summed E-state index contributed by atoms with van der Waals surface area (Å²) in [5, 5.41) is 11.7. The van der Waals surface area contributed by atoms with E-state index in [2.05, 4.69) is 15.7 Å². The molecule has 0 aliphatic rings. The number of nitrogens with one attached hydrogen (secondary N) is 2. The van der Waals surface area contributed by atoms with E-state index in [0.717, 1.165) is 16.5 Å². The number of amides is 2. The minimum atomic E-state index is -0.326. The lowest BCUT2D eigenvalue weighted by Gasteiger charge is -2.20. The number of benzene rings is 3. The molecule has 33 heavy (non-hydrogen) atoms. The number of rotatable bonds is 8. The molecule has 2 N–H and O–H groups in total. The predicted molar refractivity (Wildman–Crippen MR) is 128 cm³/mol. The molecule has 168 valence electrons. The van der Waals surface area contributed by atoms with E-state index in [-0.39, 0.29) is 24.2 Å². The Morgan fingerprint density at radius 3 is 2.09 bits per heavy atom. The van der Waals surface area contributed by atoms with Gasteiger partial charge in [-0.25, -0.2) is 9.48 Å². The van der Waals surface area contributed by atoms with Crippen molar-refractivity contribution in [3.63, 3.8) is 0 Å². The van der Waals surface area contributed by atoms with Gasteiger partial charge in [0.25, 0.3) is 5.56 Å². The van der Waals surface area contributed by atoms with Gasteiger partial charge in [0.2, 0.25) is 0 Å². The van der Waals surface area contributed by atoms with Crippen LogP contribution in [0, 0.1) is 0 Å². The monoisotopic (exact) mass is 442 g/mol. The Labute approximate surface area is 192 Å². The molecular weight excluding hydrogens is 416 g/mol. The number of urea groups is 1. The second kappa shape index (κ2) is 10.6. The fourth-order valence-corrected chi connectivity index (χ4v) is 3.76. The highest BCUT2D eigenvalue weighted by Crippen LogP contribution is 2.21. The highest BCUT2D eigenvalue weighted by Gasteiger charge is 2.17. The Balaban J connectivity index is 1.55. The summed E-state index contributed by atoms with van der Waals surface area (Å²) in [6, 6.07) is 26.3. The molecule has 0 radical (unpaired) electrons. The molecule has 0 aliphatic heterocycles. The van der Waals surface area contributed by atoms with Gasteiger partial charge in [-0.2, -0.15) is 5.10 Å². The Morgan fingerprint density at radius 1 is 0.909 bits per heavy atom. The average molecular weight is 443 g/mol. The van der Waals surface area contributed by atoms with Crippen molar-refractivity contribution in [1.29, 1.82) is 0 Å². The van der Waals surface area contributed by atoms with Crippen molar-refractivity contribution in [3.05, 3.63) is 112 Å². The van der Waals surface area contributed by atoms with E-state index in [0.29, 0.717) is 24.2 Å². The van der Waals surface area contributed by atoms with Gasteiger partial charge in [-0.05, 0) is 17.2 Å². The zero-order valence-corrected chi connectivity index (χ0v) is 18.4. The number of methoxy groups -OCH3 is 1. The highest BCUT2D eigenvalue weighted by molar-refractivity contribution is 5.84. The quantitative estimate of drug-likeness (QED) is 0.436. The zero-order valence-electron chi connectivity index (χ0n) is 18.4. The van der Waals surface area contributed by atoms with Gasteiger partial charge in [-0.3, -0.25) is 4.79 Å². The van der Waals surface area contributed by atoms with Crippen molar-refractivity contribution in [3.8, 4) is 0 Å². The van der Waals surface area contributed by atoms with Crippen LogP contribution >= 0.6 is 0 Å². The third kappa shape index (κ3) is 5.27. The molecule has 1 heterocycles. The number of fused-ring (bicyclic) bond motifs is 1. The van der Waals surface area contributed by atoms with Crippen molar-refractivity contribution in [1.82, 2.24) is 20.4 Å². The van der Waals surface area contributed by atoms with E-state index in [4.69, 9.17) is 4.74 Å². The molecular formula is C26H26N4O3. The lowest BCUT2D eigenvalue weighted by atomic mass is 9.99. The third-order valence-corrected chi connectivity index (χ3v) is 5.41. The van der Waals surface area contributed by atoms with Crippen LogP contribution in [0.5, 0.6) is 0 Å². The van der Waals surface area contributed by atoms with Crippen molar-refractivity contribution in [2.24, 2.45) is 0 Å². The summed E-state index contributed by atoms with van der Waals surface area (Å²) >= 11 is 0. The van der Waals surface area contributed by atoms with E-state index in [1.165, 1.54) is 4.68 Å². The van der Waals surface area contributed by atoms with Gasteiger partial charge in [0, 0.05) is 12.5 Å². The predicted octanol–water partition coefficient (Wildman–Crippen LogP) is 3.63. The molecule has 0 fully saturated rings. The first-order valence-corrected chi connectivity index (χ1v) is 10.8. The van der Waals surface area contributed by atoms with Crippen LogP contribution < -0.4 is 16.2 Å². The molecule has 0 unspecified atom stereocenters. The van der Waals surface area contributed by atoms with Gasteiger partial charge in [0.05, 0.1) is 36.8 Å². The molecule has 4 rings (SSSR count). The molecule has 4 aromatic rings. The molecule has 3 aromatic carbocycles. The van der Waals surface area contributed by atoms with Crippen molar-refractivity contribution in [2.75, 3.05) is 13.7 Å². The van der Waals surface area contributed by atoms with Gasteiger partial charge in [0.15, 0.2) is 0 Å². The fourth-order valence-electron chi connectivity index (χ4n) is 3.76. The smallest absolute Gasteiger partial charge is 0.315 e. The Morgan fingerprint density at radius 2 is 1.48 bits per heavy atom. The molecule has 0 aliphatic carbocycles. The third-order valence-electron chi connectivity index (χ3n) is 5.41. The van der Waals surface area contributed by atoms with Crippen LogP contribution in [-0.2, 0) is 17.8 Å². The second-order valence-electron chi connectivity index (χ2n) is 7.59. The van der Waals surface area contributed by atoms with Crippen LogP contribution in [0.3, 0.4) is 0 Å². The largest absolute Gasteiger partial charge is 0.383 e. The van der Waals surface area contributed by atoms with Crippen LogP contribution in [0.4, 0.5) is 4.79 Å². The van der Waals surface area contributed by atoms with Gasteiger partial charge in [-0.1, -0.05) is 78.9 Å². The first-order chi connectivity index (χ1) is 16.2. The number of nitrogens with zero attached hydrogens (tertiary/aromatic N) is 2. The molecule has 7 heteroatoms. The minimum Gasteiger partial charge on any atom is -0.383 e. The Kier molecular flexibility index (Phi) is 7.12. The first kappa shape index (κ1) is 22.2. The van der Waals surface area contributed by atoms with Gasteiger partial charge in [-0.15, -0.1) is 0 Å². The summed E-state index contributed by atoms with van der Waals surface area (Å²) in [5.41, 5.74) is 2.41. The van der Waals surface area contributed by atoms with Crippen LogP contribution in [0.25, 0.3) is 10.8 Å². The van der Waals surface area contributed by atoms with Crippen LogP contribution in [0.1, 0.15) is 22.9 Å². The molecule has 0 saturated carbocycles. The zero-order chi connectivity index (χ0) is 23.0. The maximum absolute atomic E-state index is 12.9. The highest BCUT2D eigenvalue weighted by atomic mass is 16.5. The maximum atomic E-state index is 12.9. The van der Waals surface area contributed by atoms with Crippen LogP contribution in [0.2, 0.25) is 0 Å². The number of ether oxygens (including phenoxy) is 1. The number of aromatic nitrogens is 2. The number of carbonyl (C=O) groups excluding carboxylic acids is 1. The molecule has 7 nitrogen and oxygen atoms in total. The average Bonchev–Trinajstić information content (AvgIpc) is 2.87. The molecule has 0 bridgehead atoms. The second-order valence-corrected chi connectivity index (χ2v) is 7.59. The molecule has 0 saturated heterocycles. The van der Waals surface area contributed by atoms with E-state index in [1.54, 1.807) is 13.2 Å². The minimum absolute atomic E-state index is 0.176.